The van der Waals surface area contributed by atoms with E-state index in [2.05, 4.69) is 9.97 Å². The fraction of sp³-hybridized carbons (Fsp3) is 0.250. The Kier molecular flexibility index (Phi) is 3.71. The fourth-order valence-corrected chi connectivity index (χ4v) is 2.61. The van der Waals surface area contributed by atoms with Crippen LogP contribution in [0.2, 0.25) is 0 Å². The van der Waals surface area contributed by atoms with E-state index in [1.54, 1.807) is 18.2 Å². The molecule has 0 amide bonds. The van der Waals surface area contributed by atoms with E-state index < -0.39 is 17.8 Å². The molecule has 2 aromatic rings. The van der Waals surface area contributed by atoms with Crippen molar-refractivity contribution in [1.82, 2.24) is 9.97 Å². The van der Waals surface area contributed by atoms with E-state index in [0.29, 0.717) is 23.7 Å². The van der Waals surface area contributed by atoms with Gasteiger partial charge in [0.05, 0.1) is 17.3 Å². The van der Waals surface area contributed by atoms with Gasteiger partial charge in [-0.2, -0.15) is 13.2 Å². The third kappa shape index (κ3) is 3.28. The van der Waals surface area contributed by atoms with Gasteiger partial charge >= 0.3 is 12.1 Å². The second kappa shape index (κ2) is 5.57. The van der Waals surface area contributed by atoms with Crippen molar-refractivity contribution in [1.29, 1.82) is 0 Å². The summed E-state index contributed by atoms with van der Waals surface area (Å²) in [4.78, 5) is 17.3. The first-order valence-electron chi connectivity index (χ1n) is 6.99. The van der Waals surface area contributed by atoms with E-state index in [4.69, 9.17) is 5.11 Å². The first-order valence-corrected chi connectivity index (χ1v) is 6.99. The van der Waals surface area contributed by atoms with Crippen LogP contribution >= 0.6 is 0 Å². The largest absolute Gasteiger partial charge is 0.478 e. The standard InChI is InChI=1S/C16H13F3N2O2/c17-16(18,19)14-7-11-6-12(21-13(11)8-20-14)5-9-1-3-10(4-2-9)15(22)23/h1,3-4,6-9,21H,2,5H2,(H,22,23). The number of carboxylic acid groups (broad SMARTS) is 1. The lowest BCUT2D eigenvalue weighted by molar-refractivity contribution is -0.141. The van der Waals surface area contributed by atoms with Crippen molar-refractivity contribution in [3.8, 4) is 0 Å². The van der Waals surface area contributed by atoms with Crippen molar-refractivity contribution in [2.75, 3.05) is 0 Å². The molecule has 0 fully saturated rings. The van der Waals surface area contributed by atoms with Gasteiger partial charge in [-0.05, 0) is 30.9 Å². The minimum atomic E-state index is -4.46. The number of fused-ring (bicyclic) bond motifs is 1. The van der Waals surface area contributed by atoms with E-state index >= 15 is 0 Å². The molecule has 1 unspecified atom stereocenters. The first kappa shape index (κ1) is 15.3. The zero-order valence-electron chi connectivity index (χ0n) is 11.9. The number of nitrogens with one attached hydrogen (secondary N) is 1. The highest BCUT2D eigenvalue weighted by Gasteiger charge is 2.32. The summed E-state index contributed by atoms with van der Waals surface area (Å²) in [5.74, 6) is -0.850. The van der Waals surface area contributed by atoms with E-state index in [1.807, 2.05) is 6.08 Å². The van der Waals surface area contributed by atoms with E-state index in [1.165, 1.54) is 6.20 Å². The number of halogens is 3. The van der Waals surface area contributed by atoms with Crippen molar-refractivity contribution in [2.24, 2.45) is 5.92 Å². The zero-order chi connectivity index (χ0) is 16.6. The molecule has 120 valence electrons. The molecule has 0 aliphatic heterocycles. The van der Waals surface area contributed by atoms with Gasteiger partial charge in [-0.15, -0.1) is 0 Å². The van der Waals surface area contributed by atoms with E-state index in [9.17, 15) is 18.0 Å². The molecule has 0 radical (unpaired) electrons. The minimum Gasteiger partial charge on any atom is -0.478 e. The van der Waals surface area contributed by atoms with Gasteiger partial charge in [-0.25, -0.2) is 9.78 Å². The van der Waals surface area contributed by atoms with Crippen LogP contribution in [0.15, 0.2) is 42.1 Å². The van der Waals surface area contributed by atoms with Gasteiger partial charge in [-0.1, -0.05) is 18.2 Å². The Bertz CT molecular complexity index is 818. The molecule has 2 aromatic heterocycles. The lowest BCUT2D eigenvalue weighted by Gasteiger charge is -2.13. The highest BCUT2D eigenvalue weighted by molar-refractivity contribution is 5.90. The Balaban J connectivity index is 1.77. The number of allylic oxidation sites excluding steroid dienone is 2. The van der Waals surface area contributed by atoms with Crippen LogP contribution in [0.3, 0.4) is 0 Å². The van der Waals surface area contributed by atoms with Crippen LogP contribution in [0.4, 0.5) is 13.2 Å². The van der Waals surface area contributed by atoms with Crippen LogP contribution in [-0.4, -0.2) is 21.0 Å². The van der Waals surface area contributed by atoms with E-state index in [-0.39, 0.29) is 11.5 Å². The number of rotatable bonds is 3. The molecule has 2 N–H and O–H groups in total. The maximum absolute atomic E-state index is 12.7. The number of hydrogen-bond acceptors (Lipinski definition) is 2. The van der Waals surface area contributed by atoms with Gasteiger partial charge in [0.25, 0.3) is 0 Å². The Labute approximate surface area is 129 Å². The predicted molar refractivity (Wildman–Crippen MR) is 77.8 cm³/mol. The second-order valence-corrected chi connectivity index (χ2v) is 5.47. The Morgan fingerprint density at radius 2 is 2.17 bits per heavy atom. The molecular weight excluding hydrogens is 309 g/mol. The monoisotopic (exact) mass is 322 g/mol. The molecule has 0 saturated heterocycles. The topological polar surface area (TPSA) is 66.0 Å². The maximum atomic E-state index is 12.7. The van der Waals surface area contributed by atoms with Crippen molar-refractivity contribution in [3.63, 3.8) is 0 Å². The molecule has 0 bridgehead atoms. The van der Waals surface area contributed by atoms with Crippen LogP contribution < -0.4 is 0 Å². The number of pyridine rings is 1. The van der Waals surface area contributed by atoms with E-state index in [0.717, 1.165) is 11.8 Å². The molecule has 1 aliphatic carbocycles. The third-order valence-electron chi connectivity index (χ3n) is 3.77. The number of aromatic amines is 1. The molecule has 2 heterocycles. The Morgan fingerprint density at radius 3 is 2.78 bits per heavy atom. The molecule has 0 spiro atoms. The number of H-pyrrole nitrogens is 1. The zero-order valence-corrected chi connectivity index (χ0v) is 11.9. The number of carbonyl (C=O) groups is 1. The maximum Gasteiger partial charge on any atom is 0.433 e. The average Bonchev–Trinajstić information content (AvgIpc) is 2.88. The summed E-state index contributed by atoms with van der Waals surface area (Å²) in [5.41, 5.74) is 0.691. The molecule has 4 nitrogen and oxygen atoms in total. The lowest BCUT2D eigenvalue weighted by atomic mass is 9.93. The van der Waals surface area contributed by atoms with Gasteiger partial charge in [0.2, 0.25) is 0 Å². The summed E-state index contributed by atoms with van der Waals surface area (Å²) in [7, 11) is 0. The van der Waals surface area contributed by atoms with Crippen molar-refractivity contribution in [2.45, 2.75) is 19.0 Å². The average molecular weight is 322 g/mol. The van der Waals surface area contributed by atoms with Crippen LogP contribution in [0.1, 0.15) is 17.8 Å². The van der Waals surface area contributed by atoms with Crippen LogP contribution in [0, 0.1) is 5.92 Å². The number of aliphatic carboxylic acids is 1. The Hall–Kier alpha value is -2.57. The van der Waals surface area contributed by atoms with Crippen LogP contribution in [0.25, 0.3) is 10.9 Å². The Morgan fingerprint density at radius 1 is 1.39 bits per heavy atom. The van der Waals surface area contributed by atoms with Gasteiger partial charge in [0.15, 0.2) is 0 Å². The fourth-order valence-electron chi connectivity index (χ4n) is 2.61. The van der Waals surface area contributed by atoms with Gasteiger partial charge in [0, 0.05) is 11.1 Å². The molecule has 1 atom stereocenters. The predicted octanol–water partition coefficient (Wildman–Crippen LogP) is 3.71. The molecular formula is C16H13F3N2O2. The van der Waals surface area contributed by atoms with Gasteiger partial charge < -0.3 is 10.1 Å². The summed E-state index contributed by atoms with van der Waals surface area (Å²) in [6, 6.07) is 2.70. The summed E-state index contributed by atoms with van der Waals surface area (Å²) in [6.07, 6.45) is 2.92. The van der Waals surface area contributed by atoms with Crippen LogP contribution in [0.5, 0.6) is 0 Å². The van der Waals surface area contributed by atoms with Gasteiger partial charge in [-0.3, -0.25) is 0 Å². The van der Waals surface area contributed by atoms with Crippen molar-refractivity contribution in [3.05, 3.63) is 53.5 Å². The van der Waals surface area contributed by atoms with Crippen molar-refractivity contribution < 1.29 is 23.1 Å². The molecule has 23 heavy (non-hydrogen) atoms. The SMILES string of the molecule is O=C(O)C1=CCC(Cc2cc3cc(C(F)(F)F)ncc3[nH]2)C=C1. The third-order valence-corrected chi connectivity index (χ3v) is 3.77. The second-order valence-electron chi connectivity index (χ2n) is 5.47. The molecule has 7 heteroatoms. The number of alkyl halides is 3. The van der Waals surface area contributed by atoms with Gasteiger partial charge in [0.1, 0.15) is 5.69 Å². The molecule has 3 rings (SSSR count). The summed E-state index contributed by atoms with van der Waals surface area (Å²) >= 11 is 0. The number of nitrogens with zero attached hydrogens (tertiary/aromatic N) is 1. The first-order chi connectivity index (χ1) is 10.8. The van der Waals surface area contributed by atoms with Crippen LogP contribution in [-0.2, 0) is 17.4 Å². The molecule has 1 aliphatic rings. The highest BCUT2D eigenvalue weighted by Crippen LogP contribution is 2.30. The quantitative estimate of drug-likeness (QED) is 0.905. The molecule has 0 saturated carbocycles. The number of carboxylic acids is 1. The smallest absolute Gasteiger partial charge is 0.433 e. The summed E-state index contributed by atoms with van der Waals surface area (Å²) < 4.78 is 38.0. The minimum absolute atomic E-state index is 0.112. The normalized spacial score (nSPS) is 18.2. The summed E-state index contributed by atoms with van der Waals surface area (Å²) in [5, 5.41) is 9.34. The lowest BCUT2D eigenvalue weighted by Crippen LogP contribution is -2.08. The number of aromatic nitrogens is 2. The molecule has 0 aromatic carbocycles. The summed E-state index contributed by atoms with van der Waals surface area (Å²) in [6.45, 7) is 0. The highest BCUT2D eigenvalue weighted by atomic mass is 19.4. The number of hydrogen-bond donors (Lipinski definition) is 2. The van der Waals surface area contributed by atoms with Crippen molar-refractivity contribution >= 4 is 16.9 Å².